The molecule has 0 unspecified atom stereocenters. The number of hydrogen-bond donors (Lipinski definition) is 1. The molecule has 0 aliphatic carbocycles. The molecule has 0 aliphatic rings. The number of aliphatic carboxylic acids is 1. The van der Waals surface area contributed by atoms with Gasteiger partial charge in [0.15, 0.2) is 0 Å². The van der Waals surface area contributed by atoms with Gasteiger partial charge in [0.1, 0.15) is 0 Å². The Kier molecular flexibility index (Phi) is 16.7. The zero-order chi connectivity index (χ0) is 19.6. The average Bonchev–Trinajstić information content (AvgIpc) is 2.59. The molecule has 0 heterocycles. The van der Waals surface area contributed by atoms with Gasteiger partial charge in [-0.25, -0.2) is 0 Å². The number of rotatable bonds is 18. The molecule has 0 aliphatic heterocycles. The van der Waals surface area contributed by atoms with Crippen molar-refractivity contribution in [3.8, 4) is 0 Å². The maximum Gasteiger partial charge on any atom is 0.305 e. The van der Waals surface area contributed by atoms with Crippen LogP contribution in [0.5, 0.6) is 0 Å². The molecule has 0 rings (SSSR count). The molecule has 4 heteroatoms. The van der Waals surface area contributed by atoms with E-state index in [1.807, 2.05) is 0 Å². The Hall–Kier alpha value is -1.06. The van der Waals surface area contributed by atoms with E-state index in [9.17, 15) is 9.59 Å². The van der Waals surface area contributed by atoms with Gasteiger partial charge in [0, 0.05) is 20.0 Å². The summed E-state index contributed by atoms with van der Waals surface area (Å²) in [6, 6.07) is 0. The van der Waals surface area contributed by atoms with Gasteiger partial charge in [0.2, 0.25) is 5.91 Å². The highest BCUT2D eigenvalue weighted by molar-refractivity contribution is 5.76. The standard InChI is InChI=1S/C22H43NO3/c1-20(2)16-14-12-10-8-6-4-5-7-9-11-13-15-17-21(24)23(3)19-18-22(25)26/h20H,4-19H2,1-3H3,(H,25,26). The number of nitrogens with zero attached hydrogens (tertiary/aromatic N) is 1. The second-order valence-electron chi connectivity index (χ2n) is 8.13. The van der Waals surface area contributed by atoms with Crippen molar-refractivity contribution in [2.24, 2.45) is 5.92 Å². The molecule has 0 aromatic carbocycles. The number of carboxylic acids is 1. The van der Waals surface area contributed by atoms with E-state index in [4.69, 9.17) is 5.11 Å². The van der Waals surface area contributed by atoms with E-state index in [0.29, 0.717) is 13.0 Å². The maximum absolute atomic E-state index is 11.8. The molecule has 0 atom stereocenters. The van der Waals surface area contributed by atoms with Crippen molar-refractivity contribution < 1.29 is 14.7 Å². The molecule has 0 bridgehead atoms. The highest BCUT2D eigenvalue weighted by atomic mass is 16.4. The number of carbonyl (C=O) groups is 2. The molecule has 0 fully saturated rings. The Morgan fingerprint density at radius 1 is 0.731 bits per heavy atom. The van der Waals surface area contributed by atoms with Crippen LogP contribution in [0.25, 0.3) is 0 Å². The van der Waals surface area contributed by atoms with Crippen molar-refractivity contribution in [1.82, 2.24) is 4.90 Å². The van der Waals surface area contributed by atoms with Gasteiger partial charge in [-0.05, 0) is 12.3 Å². The first-order chi connectivity index (χ1) is 12.4. The molecule has 26 heavy (non-hydrogen) atoms. The number of carbonyl (C=O) groups excluding carboxylic acids is 1. The lowest BCUT2D eigenvalue weighted by atomic mass is 10.0. The zero-order valence-electron chi connectivity index (χ0n) is 17.6. The Bertz CT molecular complexity index is 355. The van der Waals surface area contributed by atoms with Gasteiger partial charge in [-0.3, -0.25) is 9.59 Å². The first-order valence-electron chi connectivity index (χ1n) is 10.9. The summed E-state index contributed by atoms with van der Waals surface area (Å²) in [6.45, 7) is 4.92. The van der Waals surface area contributed by atoms with Crippen LogP contribution in [-0.2, 0) is 9.59 Å². The average molecular weight is 370 g/mol. The molecule has 1 N–H and O–H groups in total. The lowest BCUT2D eigenvalue weighted by Crippen LogP contribution is -2.28. The van der Waals surface area contributed by atoms with Gasteiger partial charge in [-0.2, -0.15) is 0 Å². The summed E-state index contributed by atoms with van der Waals surface area (Å²) < 4.78 is 0. The highest BCUT2D eigenvalue weighted by Crippen LogP contribution is 2.14. The highest BCUT2D eigenvalue weighted by Gasteiger charge is 2.09. The van der Waals surface area contributed by atoms with Crippen molar-refractivity contribution in [2.45, 2.75) is 110 Å². The lowest BCUT2D eigenvalue weighted by Gasteiger charge is -2.15. The van der Waals surface area contributed by atoms with Crippen molar-refractivity contribution in [1.29, 1.82) is 0 Å². The van der Waals surface area contributed by atoms with Crippen LogP contribution in [0.2, 0.25) is 0 Å². The lowest BCUT2D eigenvalue weighted by molar-refractivity contribution is -0.138. The van der Waals surface area contributed by atoms with E-state index in [2.05, 4.69) is 13.8 Å². The Morgan fingerprint density at radius 2 is 1.15 bits per heavy atom. The predicted molar refractivity (Wildman–Crippen MR) is 109 cm³/mol. The molecular formula is C22H43NO3. The Morgan fingerprint density at radius 3 is 1.58 bits per heavy atom. The van der Waals surface area contributed by atoms with Gasteiger partial charge in [0.05, 0.1) is 6.42 Å². The first kappa shape index (κ1) is 24.9. The van der Waals surface area contributed by atoms with Crippen LogP contribution in [0.15, 0.2) is 0 Å². The molecule has 0 spiro atoms. The van der Waals surface area contributed by atoms with E-state index in [-0.39, 0.29) is 12.3 Å². The first-order valence-corrected chi connectivity index (χ1v) is 10.9. The quantitative estimate of drug-likeness (QED) is 0.300. The fourth-order valence-electron chi connectivity index (χ4n) is 3.18. The molecule has 0 saturated carbocycles. The van der Waals surface area contributed by atoms with E-state index < -0.39 is 5.97 Å². The summed E-state index contributed by atoms with van der Waals surface area (Å²) in [5, 5.41) is 8.62. The number of hydrogen-bond acceptors (Lipinski definition) is 2. The summed E-state index contributed by atoms with van der Waals surface area (Å²) in [7, 11) is 1.69. The SMILES string of the molecule is CC(C)CCCCCCCCCCCCCCC(=O)N(C)CCC(=O)O. The van der Waals surface area contributed by atoms with Crippen LogP contribution in [-0.4, -0.2) is 35.5 Å². The summed E-state index contributed by atoms with van der Waals surface area (Å²) >= 11 is 0. The molecule has 0 saturated heterocycles. The van der Waals surface area contributed by atoms with Crippen molar-refractivity contribution in [3.63, 3.8) is 0 Å². The fourth-order valence-corrected chi connectivity index (χ4v) is 3.18. The van der Waals surface area contributed by atoms with Crippen LogP contribution < -0.4 is 0 Å². The van der Waals surface area contributed by atoms with Crippen LogP contribution in [0.3, 0.4) is 0 Å². The summed E-state index contributed by atoms with van der Waals surface area (Å²) in [5.74, 6) is 0.0707. The summed E-state index contributed by atoms with van der Waals surface area (Å²) in [5.41, 5.74) is 0. The fraction of sp³-hybridized carbons (Fsp3) is 0.909. The monoisotopic (exact) mass is 369 g/mol. The van der Waals surface area contributed by atoms with Crippen molar-refractivity contribution in [3.05, 3.63) is 0 Å². The van der Waals surface area contributed by atoms with Gasteiger partial charge in [-0.1, -0.05) is 90.9 Å². The zero-order valence-corrected chi connectivity index (χ0v) is 17.6. The van der Waals surface area contributed by atoms with Crippen LogP contribution >= 0.6 is 0 Å². The smallest absolute Gasteiger partial charge is 0.305 e. The topological polar surface area (TPSA) is 57.6 Å². The van der Waals surface area contributed by atoms with Gasteiger partial charge >= 0.3 is 5.97 Å². The van der Waals surface area contributed by atoms with Gasteiger partial charge in [-0.15, -0.1) is 0 Å². The van der Waals surface area contributed by atoms with Crippen LogP contribution in [0.1, 0.15) is 110 Å². The largest absolute Gasteiger partial charge is 0.481 e. The minimum atomic E-state index is -0.851. The minimum Gasteiger partial charge on any atom is -0.481 e. The minimum absolute atomic E-state index is 0.0280. The molecule has 0 radical (unpaired) electrons. The maximum atomic E-state index is 11.8. The number of amides is 1. The molecule has 1 amide bonds. The number of unbranched alkanes of at least 4 members (excludes halogenated alkanes) is 11. The van der Waals surface area contributed by atoms with Crippen LogP contribution in [0.4, 0.5) is 0 Å². The van der Waals surface area contributed by atoms with E-state index >= 15 is 0 Å². The second-order valence-corrected chi connectivity index (χ2v) is 8.13. The summed E-state index contributed by atoms with van der Waals surface area (Å²) in [6.07, 6.45) is 17.5. The third-order valence-corrected chi connectivity index (χ3v) is 5.01. The molecular weight excluding hydrogens is 326 g/mol. The van der Waals surface area contributed by atoms with E-state index in [1.54, 1.807) is 7.05 Å². The molecule has 154 valence electrons. The van der Waals surface area contributed by atoms with E-state index in [1.165, 1.54) is 75.5 Å². The normalized spacial score (nSPS) is 11.1. The van der Waals surface area contributed by atoms with Gasteiger partial charge in [0.25, 0.3) is 0 Å². The molecule has 4 nitrogen and oxygen atoms in total. The predicted octanol–water partition coefficient (Wildman–Crippen LogP) is 6.04. The molecule has 0 aromatic rings. The Balaban J connectivity index is 3.26. The Labute approximate surface area is 161 Å². The van der Waals surface area contributed by atoms with Crippen LogP contribution in [0, 0.1) is 5.92 Å². The number of carboxylic acid groups (broad SMARTS) is 1. The third-order valence-electron chi connectivity index (χ3n) is 5.01. The molecule has 0 aromatic heterocycles. The second kappa shape index (κ2) is 17.4. The van der Waals surface area contributed by atoms with Crippen molar-refractivity contribution >= 4 is 11.9 Å². The third kappa shape index (κ3) is 17.8. The van der Waals surface area contributed by atoms with Crippen molar-refractivity contribution in [2.75, 3.05) is 13.6 Å². The van der Waals surface area contributed by atoms with Gasteiger partial charge < -0.3 is 10.0 Å². The summed E-state index contributed by atoms with van der Waals surface area (Å²) in [4.78, 5) is 23.9. The van der Waals surface area contributed by atoms with E-state index in [0.717, 1.165) is 18.8 Å².